The van der Waals surface area contributed by atoms with Gasteiger partial charge in [-0.1, -0.05) is 74.5 Å². The van der Waals surface area contributed by atoms with E-state index in [0.29, 0.717) is 12.8 Å². The van der Waals surface area contributed by atoms with Crippen LogP contribution in [0.1, 0.15) is 25.0 Å². The zero-order valence-electron chi connectivity index (χ0n) is 15.8. The fourth-order valence-electron chi connectivity index (χ4n) is 4.18. The van der Waals surface area contributed by atoms with Gasteiger partial charge in [0.15, 0.2) is 9.84 Å². The molecule has 0 amide bonds. The van der Waals surface area contributed by atoms with Gasteiger partial charge in [0.25, 0.3) is 0 Å². The number of benzene rings is 2. The maximum atomic E-state index is 13.6. The quantitative estimate of drug-likeness (QED) is 0.844. The fraction of sp³-hybridized carbons (Fsp3) is 0.455. The normalized spacial score (nSPS) is 33.3. The first-order valence-electron chi connectivity index (χ1n) is 9.49. The van der Waals surface area contributed by atoms with E-state index < -0.39 is 44.4 Å². The topological polar surface area (TPSA) is 74.6 Å². The molecule has 1 aliphatic rings. The molecule has 0 radical (unpaired) electrons. The van der Waals surface area contributed by atoms with Crippen LogP contribution in [0.2, 0.25) is 0 Å². The second kappa shape index (κ2) is 8.13. The fourth-order valence-corrected chi connectivity index (χ4v) is 7.00. The van der Waals surface area contributed by atoms with Crippen molar-refractivity contribution in [3.05, 3.63) is 71.8 Å². The summed E-state index contributed by atoms with van der Waals surface area (Å²) in [5.74, 6) is -1.10. The van der Waals surface area contributed by atoms with Crippen LogP contribution in [0, 0.1) is 11.8 Å². The number of aliphatic hydroxyl groups excluding tert-OH is 2. The van der Waals surface area contributed by atoms with Crippen LogP contribution in [0.3, 0.4) is 0 Å². The third kappa shape index (κ3) is 4.10. The summed E-state index contributed by atoms with van der Waals surface area (Å²) in [4.78, 5) is 0. The molecule has 4 nitrogen and oxygen atoms in total. The molecule has 3 rings (SSSR count). The molecule has 1 aliphatic heterocycles. The SMILES string of the molecule is CC1C(O)C(O)C(C)C(Cc2ccccc2)S(=O)(=O)C1Cc1ccccc1. The molecule has 1 heterocycles. The van der Waals surface area contributed by atoms with E-state index in [1.165, 1.54) is 0 Å². The molecule has 5 heteroatoms. The minimum absolute atomic E-state index is 0.339. The number of hydrogen-bond donors (Lipinski definition) is 2. The first-order valence-corrected chi connectivity index (χ1v) is 11.1. The molecule has 6 unspecified atom stereocenters. The summed E-state index contributed by atoms with van der Waals surface area (Å²) in [7, 11) is -3.58. The first-order chi connectivity index (χ1) is 12.8. The summed E-state index contributed by atoms with van der Waals surface area (Å²) in [6.45, 7) is 3.47. The number of aliphatic hydroxyl groups is 2. The lowest BCUT2D eigenvalue weighted by molar-refractivity contribution is -0.0368. The smallest absolute Gasteiger partial charge is 0.157 e. The Morgan fingerprint density at radius 3 is 1.37 bits per heavy atom. The lowest BCUT2D eigenvalue weighted by Gasteiger charge is -2.27. The monoisotopic (exact) mass is 388 g/mol. The molecule has 0 spiro atoms. The molecular weight excluding hydrogens is 360 g/mol. The van der Waals surface area contributed by atoms with Crippen LogP contribution in [0.4, 0.5) is 0 Å². The minimum atomic E-state index is -3.58. The molecule has 2 aromatic rings. The van der Waals surface area contributed by atoms with Gasteiger partial charge < -0.3 is 10.2 Å². The van der Waals surface area contributed by atoms with E-state index in [4.69, 9.17) is 0 Å². The lowest BCUT2D eigenvalue weighted by Crippen LogP contribution is -2.40. The number of rotatable bonds is 4. The van der Waals surface area contributed by atoms with Crippen molar-refractivity contribution < 1.29 is 18.6 Å². The van der Waals surface area contributed by atoms with Crippen LogP contribution in [0.25, 0.3) is 0 Å². The third-order valence-electron chi connectivity index (χ3n) is 6.00. The maximum Gasteiger partial charge on any atom is 0.157 e. The van der Waals surface area contributed by atoms with Crippen molar-refractivity contribution in [1.29, 1.82) is 0 Å². The van der Waals surface area contributed by atoms with E-state index in [1.807, 2.05) is 60.7 Å². The standard InChI is InChI=1S/C22H28O4S/c1-15-19(13-17-9-5-3-6-10-17)27(25,26)20(16(2)22(24)21(15)23)14-18-11-7-4-8-12-18/h3-12,15-16,19-24H,13-14H2,1-2H3. The Kier molecular flexibility index (Phi) is 6.04. The van der Waals surface area contributed by atoms with Crippen molar-refractivity contribution >= 4 is 9.84 Å². The molecule has 27 heavy (non-hydrogen) atoms. The van der Waals surface area contributed by atoms with Crippen LogP contribution in [-0.2, 0) is 22.7 Å². The Balaban J connectivity index is 2.01. The van der Waals surface area contributed by atoms with Gasteiger partial charge in [-0.3, -0.25) is 0 Å². The van der Waals surface area contributed by atoms with Crippen molar-refractivity contribution in [1.82, 2.24) is 0 Å². The Morgan fingerprint density at radius 1 is 0.704 bits per heavy atom. The van der Waals surface area contributed by atoms with E-state index in [0.717, 1.165) is 11.1 Å². The zero-order valence-corrected chi connectivity index (χ0v) is 16.6. The van der Waals surface area contributed by atoms with E-state index in [1.54, 1.807) is 13.8 Å². The van der Waals surface area contributed by atoms with Gasteiger partial charge in [-0.15, -0.1) is 0 Å². The molecule has 146 valence electrons. The van der Waals surface area contributed by atoms with Crippen molar-refractivity contribution in [3.8, 4) is 0 Å². The van der Waals surface area contributed by atoms with E-state index in [9.17, 15) is 18.6 Å². The number of hydrogen-bond acceptors (Lipinski definition) is 4. The Labute approximate surface area is 161 Å². The largest absolute Gasteiger partial charge is 0.390 e. The highest BCUT2D eigenvalue weighted by molar-refractivity contribution is 7.92. The summed E-state index contributed by atoms with van der Waals surface area (Å²) >= 11 is 0. The second-order valence-electron chi connectivity index (χ2n) is 7.74. The highest BCUT2D eigenvalue weighted by Gasteiger charge is 2.49. The summed E-state index contributed by atoms with van der Waals surface area (Å²) < 4.78 is 27.3. The average molecular weight is 389 g/mol. The summed E-state index contributed by atoms with van der Waals surface area (Å²) in [5.41, 5.74) is 1.85. The van der Waals surface area contributed by atoms with Crippen LogP contribution >= 0.6 is 0 Å². The van der Waals surface area contributed by atoms with Crippen LogP contribution in [0.15, 0.2) is 60.7 Å². The molecule has 1 saturated heterocycles. The van der Waals surface area contributed by atoms with Gasteiger partial charge in [-0.25, -0.2) is 8.42 Å². The molecule has 0 saturated carbocycles. The predicted octanol–water partition coefficient (Wildman–Crippen LogP) is 2.63. The van der Waals surface area contributed by atoms with Crippen molar-refractivity contribution in [2.75, 3.05) is 0 Å². The summed E-state index contributed by atoms with van der Waals surface area (Å²) in [6, 6.07) is 19.0. The van der Waals surface area contributed by atoms with Gasteiger partial charge in [0, 0.05) is 11.8 Å². The molecule has 2 N–H and O–H groups in total. The van der Waals surface area contributed by atoms with Crippen molar-refractivity contribution in [2.24, 2.45) is 11.8 Å². The average Bonchev–Trinajstić information content (AvgIpc) is 2.72. The molecule has 6 atom stereocenters. The Bertz CT molecular complexity index is 770. The summed E-state index contributed by atoms with van der Waals surface area (Å²) in [5, 5.41) is 19.8. The van der Waals surface area contributed by atoms with Gasteiger partial charge in [0.2, 0.25) is 0 Å². The molecule has 0 aliphatic carbocycles. The zero-order chi connectivity index (χ0) is 19.6. The van der Waals surface area contributed by atoms with Crippen molar-refractivity contribution in [3.63, 3.8) is 0 Å². The van der Waals surface area contributed by atoms with Gasteiger partial charge >= 0.3 is 0 Å². The van der Waals surface area contributed by atoms with Crippen LogP contribution in [0.5, 0.6) is 0 Å². The maximum absolute atomic E-state index is 13.6. The second-order valence-corrected chi connectivity index (χ2v) is 10.1. The third-order valence-corrected chi connectivity index (χ3v) is 8.88. The van der Waals surface area contributed by atoms with Crippen molar-refractivity contribution in [2.45, 2.75) is 49.4 Å². The Hall–Kier alpha value is -1.69. The minimum Gasteiger partial charge on any atom is -0.390 e. The predicted molar refractivity (Wildman–Crippen MR) is 107 cm³/mol. The number of sulfone groups is 1. The van der Waals surface area contributed by atoms with Crippen LogP contribution in [-0.4, -0.2) is 41.3 Å². The molecular formula is C22H28O4S. The van der Waals surface area contributed by atoms with E-state index in [2.05, 4.69) is 0 Å². The van der Waals surface area contributed by atoms with E-state index in [-0.39, 0.29) is 0 Å². The van der Waals surface area contributed by atoms with Gasteiger partial charge in [0.05, 0.1) is 22.7 Å². The molecule has 2 aromatic carbocycles. The van der Waals surface area contributed by atoms with Gasteiger partial charge in [-0.2, -0.15) is 0 Å². The lowest BCUT2D eigenvalue weighted by atomic mass is 9.86. The Morgan fingerprint density at radius 2 is 1.04 bits per heavy atom. The van der Waals surface area contributed by atoms with Gasteiger partial charge in [0.1, 0.15) is 0 Å². The highest BCUT2D eigenvalue weighted by atomic mass is 32.2. The first kappa shape index (κ1) is 20.1. The van der Waals surface area contributed by atoms with E-state index >= 15 is 0 Å². The highest BCUT2D eigenvalue weighted by Crippen LogP contribution is 2.36. The molecule has 1 fully saturated rings. The molecule has 0 aromatic heterocycles. The van der Waals surface area contributed by atoms with Crippen LogP contribution < -0.4 is 0 Å². The van der Waals surface area contributed by atoms with Gasteiger partial charge in [-0.05, 0) is 24.0 Å². The molecule has 0 bridgehead atoms. The summed E-state index contributed by atoms with van der Waals surface area (Å²) in [6.07, 6.45) is -1.45.